The molecule has 0 radical (unpaired) electrons. The first kappa shape index (κ1) is 18.0. The van der Waals surface area contributed by atoms with Gasteiger partial charge in [-0.1, -0.05) is 24.3 Å². The number of aryl methyl sites for hydroxylation is 2. The van der Waals surface area contributed by atoms with E-state index in [2.05, 4.69) is 9.93 Å². The molecule has 24 heavy (non-hydrogen) atoms. The van der Waals surface area contributed by atoms with Gasteiger partial charge in [0.2, 0.25) is 0 Å². The number of hydrogen-bond acceptors (Lipinski definition) is 4. The summed E-state index contributed by atoms with van der Waals surface area (Å²) < 4.78 is 24.9. The number of hydrazone groups is 1. The average Bonchev–Trinajstić information content (AvgIpc) is 2.55. The fraction of sp³-hybridized carbons (Fsp3) is 0.278. The number of nitrogens with one attached hydrogen (secondary N) is 1. The fourth-order valence-corrected chi connectivity index (χ4v) is 3.43. The molecule has 0 saturated heterocycles. The molecule has 0 aliphatic carbocycles. The zero-order valence-electron chi connectivity index (χ0n) is 14.7. The van der Waals surface area contributed by atoms with Crippen LogP contribution in [0.2, 0.25) is 0 Å². The Morgan fingerprint density at radius 1 is 1.04 bits per heavy atom. The van der Waals surface area contributed by atoms with Gasteiger partial charge in [-0.3, -0.25) is 0 Å². The van der Waals surface area contributed by atoms with Gasteiger partial charge >= 0.3 is 0 Å². The van der Waals surface area contributed by atoms with Crippen LogP contribution in [-0.4, -0.2) is 28.2 Å². The average molecular weight is 345 g/mol. The second-order valence-corrected chi connectivity index (χ2v) is 7.63. The summed E-state index contributed by atoms with van der Waals surface area (Å²) in [5.41, 5.74) is 4.12. The Labute approximate surface area is 144 Å². The molecule has 2 aromatic carbocycles. The summed E-state index contributed by atoms with van der Waals surface area (Å²) in [6.07, 6.45) is 0. The quantitative estimate of drug-likeness (QED) is 0.669. The molecule has 0 unspecified atom stereocenters. The van der Waals surface area contributed by atoms with Gasteiger partial charge in [0.1, 0.15) is 0 Å². The highest BCUT2D eigenvalue weighted by molar-refractivity contribution is 7.89. The van der Waals surface area contributed by atoms with Crippen LogP contribution >= 0.6 is 0 Å². The number of nitrogens with zero attached hydrogens (tertiary/aromatic N) is 2. The first-order valence-corrected chi connectivity index (χ1v) is 9.10. The third-order valence-electron chi connectivity index (χ3n) is 3.77. The lowest BCUT2D eigenvalue weighted by Gasteiger charge is -2.13. The third-order valence-corrected chi connectivity index (χ3v) is 5.12. The van der Waals surface area contributed by atoms with E-state index in [9.17, 15) is 8.42 Å². The predicted molar refractivity (Wildman–Crippen MR) is 99.2 cm³/mol. The fourth-order valence-electron chi connectivity index (χ4n) is 2.24. The molecular formula is C18H23N3O2S. The Kier molecular flexibility index (Phi) is 5.29. The molecule has 2 aromatic rings. The highest BCUT2D eigenvalue weighted by atomic mass is 32.2. The van der Waals surface area contributed by atoms with Crippen LogP contribution in [-0.2, 0) is 10.0 Å². The number of rotatable bonds is 5. The Morgan fingerprint density at radius 2 is 1.67 bits per heavy atom. The summed E-state index contributed by atoms with van der Waals surface area (Å²) in [7, 11) is 0.249. The molecule has 0 amide bonds. The number of hydrogen-bond donors (Lipinski definition) is 1. The highest BCUT2D eigenvalue weighted by Crippen LogP contribution is 2.17. The third kappa shape index (κ3) is 4.14. The van der Waals surface area contributed by atoms with E-state index in [0.717, 1.165) is 16.8 Å². The molecule has 5 nitrogen and oxygen atoms in total. The van der Waals surface area contributed by atoms with Gasteiger partial charge in [-0.2, -0.15) is 18.4 Å². The van der Waals surface area contributed by atoms with Gasteiger partial charge in [-0.05, 0) is 55.7 Å². The van der Waals surface area contributed by atoms with Crippen molar-refractivity contribution in [1.82, 2.24) is 4.83 Å². The van der Waals surface area contributed by atoms with Crippen molar-refractivity contribution in [2.75, 3.05) is 19.0 Å². The molecule has 0 fully saturated rings. The van der Waals surface area contributed by atoms with E-state index in [0.29, 0.717) is 11.3 Å². The molecule has 2 rings (SSSR count). The molecule has 1 N–H and O–H groups in total. The van der Waals surface area contributed by atoms with Crippen molar-refractivity contribution in [1.29, 1.82) is 0 Å². The van der Waals surface area contributed by atoms with Crippen LogP contribution in [0.4, 0.5) is 5.69 Å². The van der Waals surface area contributed by atoms with E-state index in [1.54, 1.807) is 26.0 Å². The summed E-state index contributed by atoms with van der Waals surface area (Å²) in [4.78, 5) is 4.58. The molecule has 128 valence electrons. The lowest BCUT2D eigenvalue weighted by atomic mass is 10.1. The SMILES string of the molecule is C/C(=N/NS(=O)(=O)c1cc(C)ccc1C)c1ccc(N(C)C)cc1. The minimum atomic E-state index is -3.68. The van der Waals surface area contributed by atoms with Crippen molar-refractivity contribution in [3.63, 3.8) is 0 Å². The molecular weight excluding hydrogens is 322 g/mol. The number of benzene rings is 2. The standard InChI is InChI=1S/C18H23N3O2S/c1-13-6-7-14(2)18(12-13)24(22,23)20-19-15(3)16-8-10-17(11-9-16)21(4)5/h6-12,20H,1-5H3/b19-15-. The molecule has 0 aliphatic rings. The van der Waals surface area contributed by atoms with E-state index in [4.69, 9.17) is 0 Å². The maximum absolute atomic E-state index is 12.5. The summed E-state index contributed by atoms with van der Waals surface area (Å²) >= 11 is 0. The van der Waals surface area contributed by atoms with E-state index in [-0.39, 0.29) is 4.90 Å². The minimum absolute atomic E-state index is 0.252. The molecule has 0 atom stereocenters. The van der Waals surface area contributed by atoms with Crippen LogP contribution in [0.25, 0.3) is 0 Å². The molecule has 6 heteroatoms. The Bertz CT molecular complexity index is 854. The maximum Gasteiger partial charge on any atom is 0.276 e. The van der Waals surface area contributed by atoms with Gasteiger partial charge in [-0.25, -0.2) is 0 Å². The van der Waals surface area contributed by atoms with Crippen molar-refractivity contribution in [3.05, 3.63) is 59.2 Å². The number of anilines is 1. The lowest BCUT2D eigenvalue weighted by Crippen LogP contribution is -2.21. The summed E-state index contributed by atoms with van der Waals surface area (Å²) in [6, 6.07) is 13.1. The molecule has 0 saturated carbocycles. The smallest absolute Gasteiger partial charge is 0.276 e. The zero-order valence-corrected chi connectivity index (χ0v) is 15.5. The monoisotopic (exact) mass is 345 g/mol. The topological polar surface area (TPSA) is 61.8 Å². The summed E-state index contributed by atoms with van der Waals surface area (Å²) in [5.74, 6) is 0. The first-order valence-electron chi connectivity index (χ1n) is 7.62. The van der Waals surface area contributed by atoms with E-state index >= 15 is 0 Å². The van der Waals surface area contributed by atoms with Gasteiger partial charge in [0.25, 0.3) is 10.0 Å². The Morgan fingerprint density at radius 3 is 2.25 bits per heavy atom. The molecule has 0 spiro atoms. The second kappa shape index (κ2) is 7.05. The van der Waals surface area contributed by atoms with E-state index in [1.807, 2.05) is 56.3 Å². The number of sulfonamides is 1. The normalized spacial score (nSPS) is 12.1. The van der Waals surface area contributed by atoms with Crippen molar-refractivity contribution < 1.29 is 8.42 Å². The van der Waals surface area contributed by atoms with Crippen LogP contribution in [0.1, 0.15) is 23.6 Å². The van der Waals surface area contributed by atoms with Crippen LogP contribution in [0, 0.1) is 13.8 Å². The largest absolute Gasteiger partial charge is 0.378 e. The molecule has 0 heterocycles. The van der Waals surface area contributed by atoms with Crippen LogP contribution < -0.4 is 9.73 Å². The Balaban J connectivity index is 2.23. The van der Waals surface area contributed by atoms with Gasteiger partial charge in [0, 0.05) is 19.8 Å². The van der Waals surface area contributed by atoms with Crippen LogP contribution in [0.3, 0.4) is 0 Å². The van der Waals surface area contributed by atoms with Crippen molar-refractivity contribution in [2.45, 2.75) is 25.7 Å². The van der Waals surface area contributed by atoms with E-state index in [1.165, 1.54) is 0 Å². The van der Waals surface area contributed by atoms with Crippen LogP contribution in [0.5, 0.6) is 0 Å². The predicted octanol–water partition coefficient (Wildman–Crippen LogP) is 3.07. The van der Waals surface area contributed by atoms with Gasteiger partial charge in [0.05, 0.1) is 10.6 Å². The van der Waals surface area contributed by atoms with Crippen molar-refractivity contribution >= 4 is 21.4 Å². The van der Waals surface area contributed by atoms with Gasteiger partial charge in [-0.15, -0.1) is 0 Å². The van der Waals surface area contributed by atoms with Crippen molar-refractivity contribution in [3.8, 4) is 0 Å². The lowest BCUT2D eigenvalue weighted by molar-refractivity contribution is 0.583. The van der Waals surface area contributed by atoms with Crippen LogP contribution in [0.15, 0.2) is 52.5 Å². The minimum Gasteiger partial charge on any atom is -0.378 e. The molecule has 0 bridgehead atoms. The molecule has 0 aliphatic heterocycles. The highest BCUT2D eigenvalue weighted by Gasteiger charge is 2.16. The van der Waals surface area contributed by atoms with Gasteiger partial charge in [0.15, 0.2) is 0 Å². The van der Waals surface area contributed by atoms with E-state index < -0.39 is 10.0 Å². The molecule has 0 aromatic heterocycles. The maximum atomic E-state index is 12.5. The summed E-state index contributed by atoms with van der Waals surface area (Å²) in [6.45, 7) is 5.40. The second-order valence-electron chi connectivity index (χ2n) is 6.00. The van der Waals surface area contributed by atoms with Crippen molar-refractivity contribution in [2.24, 2.45) is 5.10 Å². The first-order chi connectivity index (χ1) is 11.2. The summed E-state index contributed by atoms with van der Waals surface area (Å²) in [5, 5.41) is 4.05. The van der Waals surface area contributed by atoms with Gasteiger partial charge < -0.3 is 4.90 Å². The zero-order chi connectivity index (χ0) is 17.9. The Hall–Kier alpha value is -2.34.